The molecule has 0 bridgehead atoms. The third-order valence-corrected chi connectivity index (χ3v) is 4.54. The molecule has 3 nitrogen and oxygen atoms in total. The fraction of sp³-hybridized carbons (Fsp3) is 0. The molecule has 0 aliphatic heterocycles. The van der Waals surface area contributed by atoms with Crippen LogP contribution in [0.25, 0.3) is 10.9 Å². The van der Waals surface area contributed by atoms with Gasteiger partial charge in [0.2, 0.25) is 0 Å². The molecule has 104 valence electrons. The largest absolute Gasteiger partial charge is 0.384 e. The van der Waals surface area contributed by atoms with Crippen molar-refractivity contribution in [1.29, 1.82) is 5.41 Å². The van der Waals surface area contributed by atoms with E-state index in [-0.39, 0.29) is 5.84 Å². The van der Waals surface area contributed by atoms with Gasteiger partial charge in [-0.05, 0) is 24.3 Å². The Morgan fingerprint density at radius 3 is 2.57 bits per heavy atom. The predicted molar refractivity (Wildman–Crippen MR) is 88.3 cm³/mol. The average molecular weight is 314 g/mol. The number of aromatic nitrogens is 1. The molecule has 0 unspecified atom stereocenters. The molecule has 0 spiro atoms. The van der Waals surface area contributed by atoms with Crippen LogP contribution in [0.2, 0.25) is 5.02 Å². The van der Waals surface area contributed by atoms with Crippen molar-refractivity contribution in [2.75, 3.05) is 0 Å². The minimum Gasteiger partial charge on any atom is -0.384 e. The van der Waals surface area contributed by atoms with Gasteiger partial charge in [-0.3, -0.25) is 5.41 Å². The zero-order valence-corrected chi connectivity index (χ0v) is 12.6. The van der Waals surface area contributed by atoms with Gasteiger partial charge in [0.25, 0.3) is 0 Å². The van der Waals surface area contributed by atoms with E-state index in [4.69, 9.17) is 22.7 Å². The molecule has 0 aliphatic carbocycles. The highest BCUT2D eigenvalue weighted by Gasteiger charge is 2.12. The van der Waals surface area contributed by atoms with Crippen LogP contribution in [0.3, 0.4) is 0 Å². The van der Waals surface area contributed by atoms with Gasteiger partial charge in [0.1, 0.15) is 10.9 Å². The number of fused-ring (bicyclic) bond motifs is 1. The molecule has 5 heteroatoms. The van der Waals surface area contributed by atoms with E-state index in [0.29, 0.717) is 15.6 Å². The van der Waals surface area contributed by atoms with Crippen LogP contribution in [-0.2, 0) is 0 Å². The number of hydrogen-bond donors (Lipinski definition) is 2. The second-order valence-electron chi connectivity index (χ2n) is 4.48. The van der Waals surface area contributed by atoms with Crippen LogP contribution in [0.5, 0.6) is 0 Å². The molecule has 0 fully saturated rings. The summed E-state index contributed by atoms with van der Waals surface area (Å²) < 4.78 is 0. The minimum absolute atomic E-state index is 0.00260. The van der Waals surface area contributed by atoms with Crippen LogP contribution in [0.15, 0.2) is 64.5 Å². The molecular formula is C16H12ClN3S. The quantitative estimate of drug-likeness (QED) is 0.559. The Balaban J connectivity index is 2.14. The molecule has 3 aromatic rings. The normalized spacial score (nSPS) is 10.7. The lowest BCUT2D eigenvalue weighted by Gasteiger charge is -2.10. The van der Waals surface area contributed by atoms with E-state index in [2.05, 4.69) is 4.98 Å². The summed E-state index contributed by atoms with van der Waals surface area (Å²) in [6, 6.07) is 17.2. The summed E-state index contributed by atoms with van der Waals surface area (Å²) in [5.74, 6) is 0.00260. The van der Waals surface area contributed by atoms with Gasteiger partial charge in [0.05, 0.1) is 10.5 Å². The summed E-state index contributed by atoms with van der Waals surface area (Å²) in [5.41, 5.74) is 7.19. The smallest absolute Gasteiger partial charge is 0.125 e. The van der Waals surface area contributed by atoms with Crippen molar-refractivity contribution in [3.63, 3.8) is 0 Å². The Bertz CT molecular complexity index is 833. The molecule has 2 aromatic carbocycles. The van der Waals surface area contributed by atoms with Crippen LogP contribution < -0.4 is 5.73 Å². The molecule has 3 N–H and O–H groups in total. The van der Waals surface area contributed by atoms with E-state index in [1.54, 1.807) is 0 Å². The maximum absolute atomic E-state index is 7.76. The maximum Gasteiger partial charge on any atom is 0.125 e. The Hall–Kier alpha value is -2.04. The van der Waals surface area contributed by atoms with Crippen molar-refractivity contribution in [1.82, 2.24) is 4.98 Å². The molecule has 1 heterocycles. The lowest BCUT2D eigenvalue weighted by Crippen LogP contribution is -2.13. The van der Waals surface area contributed by atoms with Crippen LogP contribution >= 0.6 is 23.4 Å². The standard InChI is InChI=1S/C16H12ClN3S/c17-12-6-2-4-8-14(12)21-16-11(15(18)19)9-10-5-1-3-7-13(10)20-16/h1-9H,(H3,18,19). The minimum atomic E-state index is 0.00260. The summed E-state index contributed by atoms with van der Waals surface area (Å²) >= 11 is 7.61. The first kappa shape index (κ1) is 13.9. The van der Waals surface area contributed by atoms with Gasteiger partial charge in [-0.2, -0.15) is 0 Å². The highest BCUT2D eigenvalue weighted by Crippen LogP contribution is 2.34. The molecule has 1 aromatic heterocycles. The third-order valence-electron chi connectivity index (χ3n) is 3.02. The summed E-state index contributed by atoms with van der Waals surface area (Å²) in [6.45, 7) is 0. The summed E-state index contributed by atoms with van der Waals surface area (Å²) in [4.78, 5) is 5.51. The maximum atomic E-state index is 7.76. The third kappa shape index (κ3) is 2.86. The molecule has 0 atom stereocenters. The molecular weight excluding hydrogens is 302 g/mol. The van der Waals surface area contributed by atoms with E-state index in [1.165, 1.54) is 11.8 Å². The lowest BCUT2D eigenvalue weighted by atomic mass is 10.1. The Kier molecular flexibility index (Phi) is 3.82. The van der Waals surface area contributed by atoms with Gasteiger partial charge in [-0.1, -0.05) is 53.7 Å². The number of nitrogens with two attached hydrogens (primary N) is 1. The predicted octanol–water partition coefficient (Wildman–Crippen LogP) is 4.32. The van der Waals surface area contributed by atoms with E-state index in [1.807, 2.05) is 54.6 Å². The van der Waals surface area contributed by atoms with Gasteiger partial charge >= 0.3 is 0 Å². The van der Waals surface area contributed by atoms with Gasteiger partial charge in [-0.15, -0.1) is 0 Å². The number of hydrogen-bond acceptors (Lipinski definition) is 3. The zero-order valence-electron chi connectivity index (χ0n) is 11.0. The van der Waals surface area contributed by atoms with Crippen molar-refractivity contribution in [3.8, 4) is 0 Å². The molecule has 3 rings (SSSR count). The fourth-order valence-corrected chi connectivity index (χ4v) is 3.20. The van der Waals surface area contributed by atoms with Crippen LogP contribution in [-0.4, -0.2) is 10.8 Å². The molecule has 21 heavy (non-hydrogen) atoms. The second-order valence-corrected chi connectivity index (χ2v) is 5.92. The number of para-hydroxylation sites is 1. The van der Waals surface area contributed by atoms with Crippen molar-refractivity contribution >= 4 is 40.1 Å². The van der Waals surface area contributed by atoms with Crippen LogP contribution in [0, 0.1) is 5.41 Å². The topological polar surface area (TPSA) is 62.8 Å². The summed E-state index contributed by atoms with van der Waals surface area (Å²) in [7, 11) is 0. The van der Waals surface area contributed by atoms with Gasteiger partial charge in [-0.25, -0.2) is 4.98 Å². The molecule has 0 saturated carbocycles. The monoisotopic (exact) mass is 313 g/mol. The van der Waals surface area contributed by atoms with Crippen LogP contribution in [0.4, 0.5) is 0 Å². The van der Waals surface area contributed by atoms with E-state index >= 15 is 0 Å². The number of nitrogen functional groups attached to an aromatic ring is 1. The number of rotatable bonds is 3. The average Bonchev–Trinajstić information content (AvgIpc) is 2.48. The second kappa shape index (κ2) is 5.76. The summed E-state index contributed by atoms with van der Waals surface area (Å²) in [5, 5.41) is 10.1. The Morgan fingerprint density at radius 1 is 1.10 bits per heavy atom. The first-order valence-corrected chi connectivity index (χ1v) is 7.51. The zero-order chi connectivity index (χ0) is 14.8. The first-order valence-electron chi connectivity index (χ1n) is 6.32. The fourth-order valence-electron chi connectivity index (χ4n) is 2.00. The first-order chi connectivity index (χ1) is 10.1. The van der Waals surface area contributed by atoms with Crippen molar-refractivity contribution in [2.45, 2.75) is 9.92 Å². The highest BCUT2D eigenvalue weighted by molar-refractivity contribution is 7.99. The molecule has 0 aliphatic rings. The van der Waals surface area contributed by atoms with Crippen molar-refractivity contribution < 1.29 is 0 Å². The summed E-state index contributed by atoms with van der Waals surface area (Å²) in [6.07, 6.45) is 0. The number of amidine groups is 1. The van der Waals surface area contributed by atoms with Gasteiger partial charge in [0, 0.05) is 15.8 Å². The number of nitrogens with zero attached hydrogens (tertiary/aromatic N) is 1. The number of nitrogens with one attached hydrogen (secondary N) is 1. The van der Waals surface area contributed by atoms with E-state index < -0.39 is 0 Å². The van der Waals surface area contributed by atoms with Crippen molar-refractivity contribution in [2.24, 2.45) is 5.73 Å². The molecule has 0 amide bonds. The van der Waals surface area contributed by atoms with E-state index in [0.717, 1.165) is 15.8 Å². The highest BCUT2D eigenvalue weighted by atomic mass is 35.5. The van der Waals surface area contributed by atoms with Gasteiger partial charge in [0.15, 0.2) is 0 Å². The molecule has 0 saturated heterocycles. The van der Waals surface area contributed by atoms with E-state index in [9.17, 15) is 0 Å². The Labute approximate surface area is 131 Å². The number of benzene rings is 2. The number of halogens is 1. The lowest BCUT2D eigenvalue weighted by molar-refractivity contribution is 1.16. The SMILES string of the molecule is N=C(N)c1cc2ccccc2nc1Sc1ccccc1Cl. The number of pyridine rings is 1. The Morgan fingerprint density at radius 2 is 1.81 bits per heavy atom. The molecule has 0 radical (unpaired) electrons. The van der Waals surface area contributed by atoms with Crippen LogP contribution in [0.1, 0.15) is 5.56 Å². The van der Waals surface area contributed by atoms with Gasteiger partial charge < -0.3 is 5.73 Å². The van der Waals surface area contributed by atoms with Crippen molar-refractivity contribution in [3.05, 3.63) is 65.2 Å².